The lowest BCUT2D eigenvalue weighted by Crippen LogP contribution is -2.31. The molecule has 1 aliphatic heterocycles. The van der Waals surface area contributed by atoms with Gasteiger partial charge in [-0.2, -0.15) is 0 Å². The van der Waals surface area contributed by atoms with Crippen LogP contribution in [0.1, 0.15) is 43.6 Å². The fourth-order valence-corrected chi connectivity index (χ4v) is 4.48. The first-order chi connectivity index (χ1) is 16.0. The molecule has 2 N–H and O–H groups in total. The van der Waals surface area contributed by atoms with Crippen molar-refractivity contribution in [2.45, 2.75) is 46.3 Å². The Bertz CT molecular complexity index is 1410. The van der Waals surface area contributed by atoms with Crippen molar-refractivity contribution in [3.05, 3.63) is 69.4 Å². The first-order valence-electron chi connectivity index (χ1n) is 11.0. The zero-order valence-corrected chi connectivity index (χ0v) is 19.7. The van der Waals surface area contributed by atoms with Crippen LogP contribution in [0.4, 0.5) is 0 Å². The summed E-state index contributed by atoms with van der Waals surface area (Å²) in [6.45, 7) is 14.7. The van der Waals surface area contributed by atoms with Gasteiger partial charge in [0.2, 0.25) is 5.43 Å². The molecular formula is C27H28O7. The number of hydrogen-bond acceptors (Lipinski definition) is 7. The summed E-state index contributed by atoms with van der Waals surface area (Å²) in [4.78, 5) is 25.9. The van der Waals surface area contributed by atoms with E-state index in [1.54, 1.807) is 19.1 Å². The first kappa shape index (κ1) is 23.6. The zero-order valence-electron chi connectivity index (χ0n) is 19.7. The summed E-state index contributed by atoms with van der Waals surface area (Å²) >= 11 is 0. The van der Waals surface area contributed by atoms with Crippen molar-refractivity contribution in [2.75, 3.05) is 6.61 Å². The second kappa shape index (κ2) is 8.65. The lowest BCUT2D eigenvalue weighted by atomic mass is 9.85. The summed E-state index contributed by atoms with van der Waals surface area (Å²) < 4.78 is 17.9. The zero-order chi connectivity index (χ0) is 24.9. The molecule has 7 nitrogen and oxygen atoms in total. The molecule has 0 saturated heterocycles. The van der Waals surface area contributed by atoms with Gasteiger partial charge in [-0.05, 0) is 44.0 Å². The molecular weight excluding hydrogens is 436 g/mol. The maximum absolute atomic E-state index is 13.9. The van der Waals surface area contributed by atoms with Crippen molar-refractivity contribution in [1.29, 1.82) is 0 Å². The van der Waals surface area contributed by atoms with Crippen LogP contribution in [0.25, 0.3) is 21.9 Å². The molecule has 0 amide bonds. The van der Waals surface area contributed by atoms with E-state index >= 15 is 0 Å². The van der Waals surface area contributed by atoms with E-state index in [0.29, 0.717) is 28.0 Å². The number of aliphatic hydroxyl groups is 1. The maximum atomic E-state index is 13.9. The van der Waals surface area contributed by atoms with E-state index in [4.69, 9.17) is 13.9 Å². The fraction of sp³-hybridized carbons (Fsp3) is 0.333. The molecule has 0 saturated carbocycles. The van der Waals surface area contributed by atoms with Gasteiger partial charge in [-0.3, -0.25) is 9.59 Å². The van der Waals surface area contributed by atoms with Crippen LogP contribution in [0.3, 0.4) is 0 Å². The van der Waals surface area contributed by atoms with Crippen LogP contribution >= 0.6 is 0 Å². The third-order valence-corrected chi connectivity index (χ3v) is 6.31. The Labute approximate surface area is 196 Å². The number of aryl methyl sites for hydroxylation is 1. The number of ether oxygens (including phenoxy) is 2. The SMILES string of the molecule is C=C(C)[C@@H](O)Cc1ccc(O)c2c(=O)c3c4c(c(C)cc3oc12)OC[C@@H](C(=C)C)[C@@H]4OC(C)=O. The van der Waals surface area contributed by atoms with Crippen LogP contribution < -0.4 is 10.2 Å². The minimum Gasteiger partial charge on any atom is -0.507 e. The van der Waals surface area contributed by atoms with Gasteiger partial charge in [0, 0.05) is 13.3 Å². The largest absolute Gasteiger partial charge is 0.507 e. The Morgan fingerprint density at radius 1 is 1.24 bits per heavy atom. The van der Waals surface area contributed by atoms with Gasteiger partial charge >= 0.3 is 5.97 Å². The number of esters is 1. The second-order valence-corrected chi connectivity index (χ2v) is 9.05. The van der Waals surface area contributed by atoms with E-state index in [1.807, 2.05) is 13.8 Å². The standard InChI is InChI=1S/C27H28O7/c1-12(2)17-11-32-25-14(5)9-20-22(23(25)27(17)33-15(6)28)24(31)21-18(29)8-7-16(26(21)34-20)10-19(30)13(3)4/h7-9,17,19,27,29-30H,1,3,10-11H2,2,4-6H3/t17-,19-,27-/m0/s1. The highest BCUT2D eigenvalue weighted by atomic mass is 16.6. The van der Waals surface area contributed by atoms with Crippen molar-refractivity contribution in [3.63, 3.8) is 0 Å². The topological polar surface area (TPSA) is 106 Å². The van der Waals surface area contributed by atoms with Crippen molar-refractivity contribution in [3.8, 4) is 11.5 Å². The third kappa shape index (κ3) is 3.86. The van der Waals surface area contributed by atoms with Gasteiger partial charge in [0.25, 0.3) is 0 Å². The van der Waals surface area contributed by atoms with Crippen LogP contribution in [0.2, 0.25) is 0 Å². The Morgan fingerprint density at radius 3 is 2.56 bits per heavy atom. The molecule has 0 radical (unpaired) electrons. The quantitative estimate of drug-likeness (QED) is 0.322. The minimum atomic E-state index is -0.836. The maximum Gasteiger partial charge on any atom is 0.303 e. The molecule has 3 aromatic rings. The number of phenolic OH excluding ortho intramolecular Hbond substituents is 1. The van der Waals surface area contributed by atoms with Crippen molar-refractivity contribution < 1.29 is 28.9 Å². The number of rotatable bonds is 5. The number of hydrogen-bond donors (Lipinski definition) is 2. The average Bonchev–Trinajstić information content (AvgIpc) is 2.75. The summed E-state index contributed by atoms with van der Waals surface area (Å²) in [5, 5.41) is 21.1. The molecule has 3 atom stereocenters. The van der Waals surface area contributed by atoms with Gasteiger partial charge in [0.1, 0.15) is 34.2 Å². The molecule has 1 aromatic heterocycles. The summed E-state index contributed by atoms with van der Waals surface area (Å²) in [5.41, 5.74) is 2.99. The van der Waals surface area contributed by atoms with Crippen molar-refractivity contribution >= 4 is 27.9 Å². The summed E-state index contributed by atoms with van der Waals surface area (Å²) in [5.74, 6) is -0.646. The predicted octanol–water partition coefficient (Wildman–Crippen LogP) is 4.63. The monoisotopic (exact) mass is 464 g/mol. The van der Waals surface area contributed by atoms with Crippen LogP contribution in [0, 0.1) is 12.8 Å². The summed E-state index contributed by atoms with van der Waals surface area (Å²) in [7, 11) is 0. The van der Waals surface area contributed by atoms with E-state index in [0.717, 1.165) is 5.57 Å². The highest BCUT2D eigenvalue weighted by Gasteiger charge is 2.38. The molecule has 0 aliphatic carbocycles. The number of carbonyl (C=O) groups excluding carboxylic acids is 1. The lowest BCUT2D eigenvalue weighted by Gasteiger charge is -2.34. The molecule has 0 spiro atoms. The molecule has 2 heterocycles. The van der Waals surface area contributed by atoms with E-state index in [2.05, 4.69) is 13.2 Å². The van der Waals surface area contributed by atoms with Gasteiger partial charge in [-0.15, -0.1) is 0 Å². The first-order valence-corrected chi connectivity index (χ1v) is 11.0. The highest BCUT2D eigenvalue weighted by Crippen LogP contribution is 2.46. The number of phenols is 1. The molecule has 7 heteroatoms. The van der Waals surface area contributed by atoms with E-state index < -0.39 is 23.6 Å². The molecule has 4 rings (SSSR count). The molecule has 0 bridgehead atoms. The van der Waals surface area contributed by atoms with Gasteiger partial charge in [0.15, 0.2) is 0 Å². The molecule has 34 heavy (non-hydrogen) atoms. The summed E-state index contributed by atoms with van der Waals surface area (Å²) in [6.07, 6.45) is -1.46. The van der Waals surface area contributed by atoms with Gasteiger partial charge in [-0.1, -0.05) is 30.4 Å². The molecule has 2 aromatic carbocycles. The van der Waals surface area contributed by atoms with E-state index in [-0.39, 0.29) is 46.6 Å². The third-order valence-electron chi connectivity index (χ3n) is 6.31. The fourth-order valence-electron chi connectivity index (χ4n) is 4.48. The van der Waals surface area contributed by atoms with Crippen LogP contribution in [-0.4, -0.2) is 28.9 Å². The second-order valence-electron chi connectivity index (χ2n) is 9.05. The van der Waals surface area contributed by atoms with Gasteiger partial charge in [0.05, 0.1) is 29.6 Å². The molecule has 178 valence electrons. The van der Waals surface area contributed by atoms with Crippen molar-refractivity contribution in [1.82, 2.24) is 0 Å². The predicted molar refractivity (Wildman–Crippen MR) is 129 cm³/mol. The Balaban J connectivity index is 2.09. The smallest absolute Gasteiger partial charge is 0.303 e. The van der Waals surface area contributed by atoms with E-state index in [1.165, 1.54) is 13.0 Å². The number of aromatic hydroxyl groups is 1. The van der Waals surface area contributed by atoms with Crippen LogP contribution in [0.5, 0.6) is 11.5 Å². The highest BCUT2D eigenvalue weighted by molar-refractivity contribution is 5.97. The Hall–Kier alpha value is -3.58. The normalized spacial score (nSPS) is 18.3. The molecule has 1 aliphatic rings. The Kier molecular flexibility index (Phi) is 6.00. The van der Waals surface area contributed by atoms with Gasteiger partial charge in [-0.25, -0.2) is 0 Å². The number of aliphatic hydroxyl groups excluding tert-OH is 1. The van der Waals surface area contributed by atoms with Crippen LogP contribution in [0.15, 0.2) is 51.7 Å². The number of fused-ring (bicyclic) bond motifs is 4. The van der Waals surface area contributed by atoms with Gasteiger partial charge < -0.3 is 24.1 Å². The van der Waals surface area contributed by atoms with Crippen molar-refractivity contribution in [2.24, 2.45) is 5.92 Å². The molecule has 0 unspecified atom stereocenters. The number of benzene rings is 2. The van der Waals surface area contributed by atoms with E-state index in [9.17, 15) is 19.8 Å². The Morgan fingerprint density at radius 2 is 1.94 bits per heavy atom. The summed E-state index contributed by atoms with van der Waals surface area (Å²) in [6, 6.07) is 4.72. The average molecular weight is 465 g/mol. The number of carbonyl (C=O) groups is 1. The lowest BCUT2D eigenvalue weighted by molar-refractivity contribution is -0.150. The molecule has 0 fully saturated rings. The minimum absolute atomic E-state index is 0.0102. The van der Waals surface area contributed by atoms with Crippen LogP contribution in [-0.2, 0) is 16.0 Å².